The van der Waals surface area contributed by atoms with Crippen LogP contribution < -0.4 is 5.73 Å². The summed E-state index contributed by atoms with van der Waals surface area (Å²) in [4.78, 5) is 10.2. The third-order valence-electron chi connectivity index (χ3n) is 3.30. The van der Waals surface area contributed by atoms with Gasteiger partial charge in [-0.25, -0.2) is 9.97 Å². The van der Waals surface area contributed by atoms with Crippen LogP contribution in [0.4, 0.5) is 0 Å². The first-order valence-electron chi connectivity index (χ1n) is 5.96. The van der Waals surface area contributed by atoms with Crippen molar-refractivity contribution in [2.75, 3.05) is 0 Å². The normalized spacial score (nSPS) is 16.8. The molecule has 1 aliphatic carbocycles. The van der Waals surface area contributed by atoms with Crippen LogP contribution in [0.5, 0.6) is 0 Å². The van der Waals surface area contributed by atoms with Crippen molar-refractivity contribution < 1.29 is 0 Å². The largest absolute Gasteiger partial charge is 0.336 e. The third kappa shape index (κ3) is 1.89. The second kappa shape index (κ2) is 4.23. The summed E-state index contributed by atoms with van der Waals surface area (Å²) in [5, 5.41) is 1.03. The number of nitrogens with zero attached hydrogens (tertiary/aromatic N) is 3. The van der Waals surface area contributed by atoms with Gasteiger partial charge in [0.1, 0.15) is 5.01 Å². The van der Waals surface area contributed by atoms with Gasteiger partial charge in [0.05, 0.1) is 30.0 Å². The van der Waals surface area contributed by atoms with Gasteiger partial charge in [-0.2, -0.15) is 0 Å². The predicted molar refractivity (Wildman–Crippen MR) is 68.0 cm³/mol. The van der Waals surface area contributed by atoms with E-state index in [1.54, 1.807) is 17.7 Å². The van der Waals surface area contributed by atoms with Gasteiger partial charge < -0.3 is 10.3 Å². The number of hydrogen-bond donors (Lipinski definition) is 1. The summed E-state index contributed by atoms with van der Waals surface area (Å²) in [5.41, 5.74) is 8.56. The first kappa shape index (κ1) is 10.9. The molecule has 0 fully saturated rings. The fourth-order valence-corrected chi connectivity index (χ4v) is 3.47. The maximum absolute atomic E-state index is 6.26. The molecule has 4 nitrogen and oxygen atoms in total. The van der Waals surface area contributed by atoms with Crippen molar-refractivity contribution >= 4 is 11.3 Å². The third-order valence-corrected chi connectivity index (χ3v) is 4.54. The summed E-state index contributed by atoms with van der Waals surface area (Å²) in [6, 6.07) is -0.141. The fourth-order valence-electron chi connectivity index (χ4n) is 2.30. The average Bonchev–Trinajstić information content (AvgIpc) is 2.93. The molecular weight excluding hydrogens is 232 g/mol. The van der Waals surface area contributed by atoms with Crippen LogP contribution in [-0.4, -0.2) is 14.5 Å². The minimum Gasteiger partial charge on any atom is -0.336 e. The van der Waals surface area contributed by atoms with Crippen LogP contribution in [0.2, 0.25) is 0 Å². The number of aryl methyl sites for hydroxylation is 3. The Morgan fingerprint density at radius 2 is 2.24 bits per heavy atom. The molecule has 1 unspecified atom stereocenters. The molecule has 0 saturated heterocycles. The Labute approximate surface area is 105 Å². The van der Waals surface area contributed by atoms with Gasteiger partial charge in [-0.3, -0.25) is 0 Å². The zero-order valence-electron chi connectivity index (χ0n) is 9.89. The topological polar surface area (TPSA) is 56.7 Å². The van der Waals surface area contributed by atoms with E-state index in [0.29, 0.717) is 0 Å². The first-order valence-corrected chi connectivity index (χ1v) is 6.77. The summed E-state index contributed by atoms with van der Waals surface area (Å²) < 4.78 is 1.96. The van der Waals surface area contributed by atoms with Gasteiger partial charge in [0.2, 0.25) is 0 Å². The molecule has 90 valence electrons. The van der Waals surface area contributed by atoms with Crippen molar-refractivity contribution in [3.8, 4) is 0 Å². The molecule has 1 atom stereocenters. The van der Waals surface area contributed by atoms with E-state index in [-0.39, 0.29) is 6.04 Å². The number of aromatic nitrogens is 3. The van der Waals surface area contributed by atoms with Gasteiger partial charge in [0, 0.05) is 11.9 Å². The van der Waals surface area contributed by atoms with Crippen LogP contribution in [0.15, 0.2) is 12.5 Å². The lowest BCUT2D eigenvalue weighted by Gasteiger charge is -2.08. The van der Waals surface area contributed by atoms with E-state index in [2.05, 4.69) is 4.98 Å². The Morgan fingerprint density at radius 1 is 1.41 bits per heavy atom. The quantitative estimate of drug-likeness (QED) is 0.881. The van der Waals surface area contributed by atoms with Gasteiger partial charge >= 0.3 is 0 Å². The van der Waals surface area contributed by atoms with E-state index in [1.165, 1.54) is 29.8 Å². The van der Waals surface area contributed by atoms with E-state index >= 15 is 0 Å². The van der Waals surface area contributed by atoms with Gasteiger partial charge in [0.25, 0.3) is 0 Å². The highest BCUT2D eigenvalue weighted by molar-refractivity contribution is 7.11. The second-order valence-corrected chi connectivity index (χ2v) is 5.65. The zero-order valence-corrected chi connectivity index (χ0v) is 10.7. The van der Waals surface area contributed by atoms with Crippen molar-refractivity contribution in [2.45, 2.75) is 31.7 Å². The molecule has 0 amide bonds. The lowest BCUT2D eigenvalue weighted by molar-refractivity contribution is 0.675. The van der Waals surface area contributed by atoms with Crippen LogP contribution >= 0.6 is 11.3 Å². The number of fused-ring (bicyclic) bond motifs is 1. The summed E-state index contributed by atoms with van der Waals surface area (Å²) in [6.45, 7) is 0. The number of rotatable bonds is 2. The molecular formula is C12H16N4S. The Balaban J connectivity index is 1.94. The monoisotopic (exact) mass is 248 g/mol. The highest BCUT2D eigenvalue weighted by Gasteiger charge is 2.21. The molecule has 0 radical (unpaired) electrons. The Morgan fingerprint density at radius 3 is 2.94 bits per heavy atom. The summed E-state index contributed by atoms with van der Waals surface area (Å²) >= 11 is 1.77. The molecule has 2 aromatic heterocycles. The van der Waals surface area contributed by atoms with E-state index < -0.39 is 0 Å². The molecule has 0 spiro atoms. The van der Waals surface area contributed by atoms with Crippen LogP contribution in [0, 0.1) is 0 Å². The second-order valence-electron chi connectivity index (χ2n) is 4.54. The number of hydrogen-bond acceptors (Lipinski definition) is 4. The molecule has 3 rings (SSSR count). The van der Waals surface area contributed by atoms with Crippen molar-refractivity contribution in [1.82, 2.24) is 14.5 Å². The Hall–Kier alpha value is -1.20. The van der Waals surface area contributed by atoms with Gasteiger partial charge in [0.15, 0.2) is 0 Å². The highest BCUT2D eigenvalue weighted by Crippen LogP contribution is 2.31. The molecule has 2 heterocycles. The molecule has 2 N–H and O–H groups in total. The lowest BCUT2D eigenvalue weighted by atomic mass is 10.0. The highest BCUT2D eigenvalue weighted by atomic mass is 32.1. The molecule has 17 heavy (non-hydrogen) atoms. The predicted octanol–water partition coefficient (Wildman–Crippen LogP) is 1.80. The molecule has 1 aliphatic rings. The standard InChI is InChI=1S/C12H16N4S/c1-16-7-14-6-9(16)11(13)12-15-8-4-2-3-5-10(8)17-12/h6-7,11H,2-5,13H2,1H3. The lowest BCUT2D eigenvalue weighted by Crippen LogP contribution is -2.15. The van der Waals surface area contributed by atoms with Gasteiger partial charge in [-0.15, -0.1) is 11.3 Å². The smallest absolute Gasteiger partial charge is 0.116 e. The summed E-state index contributed by atoms with van der Waals surface area (Å²) in [6.07, 6.45) is 8.44. The van der Waals surface area contributed by atoms with Crippen molar-refractivity contribution in [3.05, 3.63) is 33.8 Å². The van der Waals surface area contributed by atoms with Gasteiger partial charge in [-0.1, -0.05) is 0 Å². The maximum atomic E-state index is 6.26. The van der Waals surface area contributed by atoms with Crippen LogP contribution in [0.3, 0.4) is 0 Å². The van der Waals surface area contributed by atoms with E-state index in [1.807, 2.05) is 17.8 Å². The van der Waals surface area contributed by atoms with E-state index in [4.69, 9.17) is 10.7 Å². The average molecular weight is 248 g/mol. The van der Waals surface area contributed by atoms with Crippen LogP contribution in [-0.2, 0) is 19.9 Å². The SMILES string of the molecule is Cn1cncc1C(N)c1nc2c(s1)CCCC2. The Kier molecular flexibility index (Phi) is 2.72. The minimum atomic E-state index is -0.141. The molecule has 0 aliphatic heterocycles. The molecule has 0 aromatic carbocycles. The van der Waals surface area contributed by atoms with Crippen LogP contribution in [0.25, 0.3) is 0 Å². The molecule has 5 heteroatoms. The molecule has 0 bridgehead atoms. The number of thiazole rings is 1. The van der Waals surface area contributed by atoms with Crippen molar-refractivity contribution in [2.24, 2.45) is 12.8 Å². The molecule has 2 aromatic rings. The summed E-state index contributed by atoms with van der Waals surface area (Å²) in [7, 11) is 1.97. The minimum absolute atomic E-state index is 0.141. The fraction of sp³-hybridized carbons (Fsp3) is 0.500. The summed E-state index contributed by atoms with van der Waals surface area (Å²) in [5.74, 6) is 0. The Bertz CT molecular complexity index is 505. The van der Waals surface area contributed by atoms with E-state index in [0.717, 1.165) is 17.1 Å². The van der Waals surface area contributed by atoms with Gasteiger partial charge in [-0.05, 0) is 25.7 Å². The van der Waals surface area contributed by atoms with Crippen molar-refractivity contribution in [1.29, 1.82) is 0 Å². The number of imidazole rings is 1. The van der Waals surface area contributed by atoms with Crippen LogP contribution in [0.1, 0.15) is 40.2 Å². The number of nitrogens with two attached hydrogens (primary N) is 1. The molecule has 0 saturated carbocycles. The van der Waals surface area contributed by atoms with E-state index in [9.17, 15) is 0 Å². The first-order chi connectivity index (χ1) is 8.25. The maximum Gasteiger partial charge on any atom is 0.116 e. The van der Waals surface area contributed by atoms with Crippen molar-refractivity contribution in [3.63, 3.8) is 0 Å². The zero-order chi connectivity index (χ0) is 11.8.